The Morgan fingerprint density at radius 1 is 1.55 bits per heavy atom. The maximum atomic E-state index is 12.0. The van der Waals surface area contributed by atoms with E-state index < -0.39 is 0 Å². The molecule has 0 aliphatic heterocycles. The minimum atomic E-state index is 0.00886. The van der Waals surface area contributed by atoms with Crippen LogP contribution in [-0.2, 0) is 16.1 Å². The number of hydrogen-bond acceptors (Lipinski definition) is 3. The summed E-state index contributed by atoms with van der Waals surface area (Å²) in [7, 11) is 0. The lowest BCUT2D eigenvalue weighted by molar-refractivity contribution is -0.148. The van der Waals surface area contributed by atoms with Crippen molar-refractivity contribution < 1.29 is 9.53 Å². The second kappa shape index (κ2) is 5.95. The third-order valence-electron chi connectivity index (χ3n) is 4.11. The fraction of sp³-hybridized carbons (Fsp3) is 0.733. The van der Waals surface area contributed by atoms with Gasteiger partial charge in [0.1, 0.15) is 0 Å². The molecule has 1 aliphatic rings. The molecule has 5 heteroatoms. The Morgan fingerprint density at radius 2 is 2.30 bits per heavy atom. The molecular formula is C15H25N3O2. The number of carbonyl (C=O) groups is 1. The molecule has 1 aliphatic carbocycles. The Morgan fingerprint density at radius 3 is 2.85 bits per heavy atom. The number of aromatic nitrogens is 2. The number of amides is 1. The van der Waals surface area contributed by atoms with Crippen LogP contribution in [-0.4, -0.2) is 33.7 Å². The molecule has 1 aromatic heterocycles. The van der Waals surface area contributed by atoms with Crippen LogP contribution in [0.2, 0.25) is 0 Å². The summed E-state index contributed by atoms with van der Waals surface area (Å²) < 4.78 is 7.78. The monoisotopic (exact) mass is 279 g/mol. The quantitative estimate of drug-likeness (QED) is 0.866. The molecule has 2 atom stereocenters. The van der Waals surface area contributed by atoms with Crippen LogP contribution in [0, 0.1) is 5.41 Å². The zero-order valence-corrected chi connectivity index (χ0v) is 12.8. The zero-order valence-electron chi connectivity index (χ0n) is 12.8. The summed E-state index contributed by atoms with van der Waals surface area (Å²) in [5, 5.41) is 3.12. The average molecular weight is 279 g/mol. The van der Waals surface area contributed by atoms with Gasteiger partial charge in [0.25, 0.3) is 0 Å². The van der Waals surface area contributed by atoms with Gasteiger partial charge < -0.3 is 14.6 Å². The normalized spacial score (nSPS) is 24.4. The lowest BCUT2D eigenvalue weighted by Gasteiger charge is -2.52. The number of nitrogens with one attached hydrogen (secondary N) is 1. The Balaban J connectivity index is 1.75. The van der Waals surface area contributed by atoms with Crippen LogP contribution in [0.3, 0.4) is 0 Å². The molecule has 1 saturated carbocycles. The standard InChI is InChI=1S/C15H25N3O2/c1-11(2)20-13-9-12(15(13,3)4)17-14(19)5-7-18-8-6-16-10-18/h6,8,10-13H,5,7,9H2,1-4H3,(H,17,19). The van der Waals surface area contributed by atoms with E-state index in [0.29, 0.717) is 13.0 Å². The molecule has 2 unspecified atom stereocenters. The van der Waals surface area contributed by atoms with E-state index in [1.165, 1.54) is 0 Å². The van der Waals surface area contributed by atoms with Crippen LogP contribution in [0.25, 0.3) is 0 Å². The van der Waals surface area contributed by atoms with E-state index in [1.807, 2.05) is 24.6 Å². The topological polar surface area (TPSA) is 56.1 Å². The van der Waals surface area contributed by atoms with Gasteiger partial charge in [0.15, 0.2) is 0 Å². The van der Waals surface area contributed by atoms with Crippen LogP contribution in [0.15, 0.2) is 18.7 Å². The van der Waals surface area contributed by atoms with Gasteiger partial charge in [0.2, 0.25) is 5.91 Å². The van der Waals surface area contributed by atoms with Gasteiger partial charge in [-0.25, -0.2) is 4.98 Å². The molecule has 20 heavy (non-hydrogen) atoms. The second-order valence-corrected chi connectivity index (χ2v) is 6.40. The first-order chi connectivity index (χ1) is 9.39. The van der Waals surface area contributed by atoms with E-state index >= 15 is 0 Å². The third-order valence-corrected chi connectivity index (χ3v) is 4.11. The number of nitrogens with zero attached hydrogens (tertiary/aromatic N) is 2. The van der Waals surface area contributed by atoms with E-state index in [9.17, 15) is 4.79 Å². The number of aryl methyl sites for hydroxylation is 1. The number of hydrogen-bond donors (Lipinski definition) is 1. The van der Waals surface area contributed by atoms with Crippen molar-refractivity contribution in [3.8, 4) is 0 Å². The largest absolute Gasteiger partial charge is 0.375 e. The molecule has 0 radical (unpaired) electrons. The lowest BCUT2D eigenvalue weighted by Crippen LogP contribution is -2.62. The van der Waals surface area contributed by atoms with E-state index in [1.54, 1.807) is 12.5 Å². The summed E-state index contributed by atoms with van der Waals surface area (Å²) in [6.07, 6.45) is 7.18. The molecule has 1 amide bonds. The molecule has 1 aromatic rings. The Hall–Kier alpha value is -1.36. The molecule has 0 saturated heterocycles. The second-order valence-electron chi connectivity index (χ2n) is 6.40. The van der Waals surface area contributed by atoms with Crippen LogP contribution >= 0.6 is 0 Å². The molecule has 1 N–H and O–H groups in total. The fourth-order valence-corrected chi connectivity index (χ4v) is 2.61. The van der Waals surface area contributed by atoms with E-state index in [4.69, 9.17) is 4.74 Å². The smallest absolute Gasteiger partial charge is 0.222 e. The van der Waals surface area contributed by atoms with Crippen molar-refractivity contribution in [1.82, 2.24) is 14.9 Å². The average Bonchev–Trinajstić information content (AvgIpc) is 2.87. The predicted octanol–water partition coefficient (Wildman–Crippen LogP) is 1.98. The number of ether oxygens (including phenoxy) is 1. The predicted molar refractivity (Wildman–Crippen MR) is 77.2 cm³/mol. The van der Waals surface area contributed by atoms with Crippen LogP contribution in [0.4, 0.5) is 0 Å². The van der Waals surface area contributed by atoms with Gasteiger partial charge in [-0.2, -0.15) is 0 Å². The first-order valence-electron chi connectivity index (χ1n) is 7.30. The van der Waals surface area contributed by atoms with Crippen molar-refractivity contribution in [3.05, 3.63) is 18.7 Å². The molecule has 0 aromatic carbocycles. The highest BCUT2D eigenvalue weighted by Gasteiger charge is 2.49. The molecule has 0 spiro atoms. The molecule has 1 heterocycles. The van der Waals surface area contributed by atoms with Gasteiger partial charge in [-0.15, -0.1) is 0 Å². The van der Waals surface area contributed by atoms with Crippen molar-refractivity contribution >= 4 is 5.91 Å². The highest BCUT2D eigenvalue weighted by molar-refractivity contribution is 5.76. The Bertz CT molecular complexity index is 440. The molecule has 1 fully saturated rings. The summed E-state index contributed by atoms with van der Waals surface area (Å²) in [6.45, 7) is 9.08. The Kier molecular flexibility index (Phi) is 4.48. The first kappa shape index (κ1) is 15.0. The highest BCUT2D eigenvalue weighted by atomic mass is 16.5. The maximum absolute atomic E-state index is 12.0. The van der Waals surface area contributed by atoms with Gasteiger partial charge in [-0.05, 0) is 20.3 Å². The zero-order chi connectivity index (χ0) is 14.8. The summed E-state index contributed by atoms with van der Waals surface area (Å²) in [5.74, 6) is 0.0970. The molecule has 0 bridgehead atoms. The lowest BCUT2D eigenvalue weighted by atomic mass is 9.64. The van der Waals surface area contributed by atoms with Crippen molar-refractivity contribution in [2.75, 3.05) is 0 Å². The minimum absolute atomic E-state index is 0.00886. The highest BCUT2D eigenvalue weighted by Crippen LogP contribution is 2.43. The summed E-state index contributed by atoms with van der Waals surface area (Å²) in [5.41, 5.74) is 0.00886. The van der Waals surface area contributed by atoms with E-state index in [2.05, 4.69) is 24.1 Å². The molecule has 2 rings (SSSR count). The number of carbonyl (C=O) groups excluding carboxylic acids is 1. The van der Waals surface area contributed by atoms with Crippen molar-refractivity contribution in [1.29, 1.82) is 0 Å². The van der Waals surface area contributed by atoms with E-state index in [0.717, 1.165) is 6.42 Å². The molecule has 5 nitrogen and oxygen atoms in total. The van der Waals surface area contributed by atoms with Gasteiger partial charge >= 0.3 is 0 Å². The van der Waals surface area contributed by atoms with Crippen molar-refractivity contribution in [2.24, 2.45) is 5.41 Å². The van der Waals surface area contributed by atoms with Gasteiger partial charge in [-0.1, -0.05) is 13.8 Å². The van der Waals surface area contributed by atoms with Gasteiger partial charge in [-0.3, -0.25) is 4.79 Å². The van der Waals surface area contributed by atoms with Crippen LogP contribution in [0.5, 0.6) is 0 Å². The Labute approximate surface area is 120 Å². The van der Waals surface area contributed by atoms with E-state index in [-0.39, 0.29) is 29.6 Å². The minimum Gasteiger partial charge on any atom is -0.375 e. The van der Waals surface area contributed by atoms with Crippen molar-refractivity contribution in [2.45, 2.75) is 65.3 Å². The summed E-state index contributed by atoms with van der Waals surface area (Å²) in [4.78, 5) is 15.9. The SMILES string of the molecule is CC(C)OC1CC(NC(=O)CCn2ccnc2)C1(C)C. The van der Waals surface area contributed by atoms with Crippen LogP contribution < -0.4 is 5.32 Å². The van der Waals surface area contributed by atoms with Gasteiger partial charge in [0, 0.05) is 36.8 Å². The fourth-order valence-electron chi connectivity index (χ4n) is 2.61. The third kappa shape index (κ3) is 3.39. The van der Waals surface area contributed by atoms with Crippen molar-refractivity contribution in [3.63, 3.8) is 0 Å². The first-order valence-corrected chi connectivity index (χ1v) is 7.30. The molecule has 112 valence electrons. The van der Waals surface area contributed by atoms with Crippen LogP contribution in [0.1, 0.15) is 40.5 Å². The number of rotatable bonds is 6. The number of imidazole rings is 1. The maximum Gasteiger partial charge on any atom is 0.222 e. The molecular weight excluding hydrogens is 254 g/mol. The summed E-state index contributed by atoms with van der Waals surface area (Å²) in [6, 6.07) is 0.210. The summed E-state index contributed by atoms with van der Waals surface area (Å²) >= 11 is 0. The van der Waals surface area contributed by atoms with Gasteiger partial charge in [0.05, 0.1) is 18.5 Å².